The summed E-state index contributed by atoms with van der Waals surface area (Å²) in [6, 6.07) is 0. The zero-order chi connectivity index (χ0) is 15.5. The Hall–Kier alpha value is -1.30. The Balaban J connectivity index is 2.17. The standard InChI is InChI=1S/C15H29N3O3/c1-2-3-4-5-6-7-8-9-14(19)18-10-11-21-13(12-18)15(16)17-20/h13,20H,2-12H2,1H3,(H2,16,17). The molecule has 1 saturated heterocycles. The first kappa shape index (κ1) is 17.8. The first-order chi connectivity index (χ1) is 10.2. The van der Waals surface area contributed by atoms with Gasteiger partial charge in [-0.2, -0.15) is 0 Å². The van der Waals surface area contributed by atoms with E-state index in [0.717, 1.165) is 12.8 Å². The molecule has 0 aromatic rings. The zero-order valence-corrected chi connectivity index (χ0v) is 13.1. The predicted molar refractivity (Wildman–Crippen MR) is 82.3 cm³/mol. The number of nitrogens with zero attached hydrogens (tertiary/aromatic N) is 2. The van der Waals surface area contributed by atoms with Crippen molar-refractivity contribution in [1.29, 1.82) is 0 Å². The second kappa shape index (κ2) is 10.4. The van der Waals surface area contributed by atoms with E-state index in [1.807, 2.05) is 0 Å². The summed E-state index contributed by atoms with van der Waals surface area (Å²) >= 11 is 0. The molecule has 0 radical (unpaired) electrons. The molecule has 1 aliphatic rings. The van der Waals surface area contributed by atoms with Gasteiger partial charge in [0.1, 0.15) is 6.10 Å². The Bertz CT molecular complexity index is 334. The van der Waals surface area contributed by atoms with Crippen molar-refractivity contribution in [3.63, 3.8) is 0 Å². The van der Waals surface area contributed by atoms with E-state index in [-0.39, 0.29) is 11.7 Å². The summed E-state index contributed by atoms with van der Waals surface area (Å²) in [4.78, 5) is 13.9. The van der Waals surface area contributed by atoms with Crippen molar-refractivity contribution < 1.29 is 14.7 Å². The molecular formula is C15H29N3O3. The maximum atomic E-state index is 12.1. The number of carbonyl (C=O) groups is 1. The highest BCUT2D eigenvalue weighted by atomic mass is 16.5. The van der Waals surface area contributed by atoms with E-state index in [9.17, 15) is 4.79 Å². The molecule has 21 heavy (non-hydrogen) atoms. The zero-order valence-electron chi connectivity index (χ0n) is 13.1. The number of unbranched alkanes of at least 4 members (excludes halogenated alkanes) is 6. The first-order valence-electron chi connectivity index (χ1n) is 8.05. The van der Waals surface area contributed by atoms with Crippen LogP contribution in [0.25, 0.3) is 0 Å². The number of morpholine rings is 1. The van der Waals surface area contributed by atoms with Crippen LogP contribution >= 0.6 is 0 Å². The average Bonchev–Trinajstić information content (AvgIpc) is 2.53. The Labute approximate surface area is 127 Å². The highest BCUT2D eigenvalue weighted by molar-refractivity contribution is 5.85. The van der Waals surface area contributed by atoms with Gasteiger partial charge in [-0.25, -0.2) is 0 Å². The number of ether oxygens (including phenoxy) is 1. The summed E-state index contributed by atoms with van der Waals surface area (Å²) in [7, 11) is 0. The van der Waals surface area contributed by atoms with E-state index >= 15 is 0 Å². The van der Waals surface area contributed by atoms with Gasteiger partial charge in [0.2, 0.25) is 5.91 Å². The van der Waals surface area contributed by atoms with Crippen molar-refractivity contribution in [1.82, 2.24) is 4.90 Å². The van der Waals surface area contributed by atoms with Crippen molar-refractivity contribution >= 4 is 11.7 Å². The molecule has 122 valence electrons. The van der Waals surface area contributed by atoms with E-state index in [1.165, 1.54) is 32.1 Å². The fourth-order valence-corrected chi connectivity index (χ4v) is 2.51. The van der Waals surface area contributed by atoms with Gasteiger partial charge < -0.3 is 20.6 Å². The van der Waals surface area contributed by atoms with Gasteiger partial charge in [0.15, 0.2) is 5.84 Å². The summed E-state index contributed by atoms with van der Waals surface area (Å²) < 4.78 is 5.38. The van der Waals surface area contributed by atoms with Crippen LogP contribution in [0.2, 0.25) is 0 Å². The van der Waals surface area contributed by atoms with Crippen LogP contribution in [-0.4, -0.2) is 47.7 Å². The highest BCUT2D eigenvalue weighted by Crippen LogP contribution is 2.12. The Kier molecular flexibility index (Phi) is 8.82. The van der Waals surface area contributed by atoms with Crippen molar-refractivity contribution in [2.75, 3.05) is 19.7 Å². The summed E-state index contributed by atoms with van der Waals surface area (Å²) in [5.74, 6) is 0.172. The van der Waals surface area contributed by atoms with Crippen LogP contribution < -0.4 is 5.73 Å². The van der Waals surface area contributed by atoms with Gasteiger partial charge in [-0.3, -0.25) is 4.79 Å². The van der Waals surface area contributed by atoms with Crippen molar-refractivity contribution in [2.24, 2.45) is 10.9 Å². The quantitative estimate of drug-likeness (QED) is 0.224. The molecular weight excluding hydrogens is 270 g/mol. The molecule has 6 nitrogen and oxygen atoms in total. The number of rotatable bonds is 9. The van der Waals surface area contributed by atoms with Crippen LogP contribution in [0.3, 0.4) is 0 Å². The molecule has 1 rings (SSSR count). The second-order valence-electron chi connectivity index (χ2n) is 5.60. The molecule has 1 amide bonds. The number of carbonyl (C=O) groups excluding carboxylic acids is 1. The van der Waals surface area contributed by atoms with Gasteiger partial charge in [0.05, 0.1) is 13.2 Å². The lowest BCUT2D eigenvalue weighted by Gasteiger charge is -2.32. The van der Waals surface area contributed by atoms with E-state index < -0.39 is 6.10 Å². The number of nitrogens with two attached hydrogens (primary N) is 1. The largest absolute Gasteiger partial charge is 0.409 e. The second-order valence-corrected chi connectivity index (χ2v) is 5.60. The molecule has 1 fully saturated rings. The molecule has 0 aliphatic carbocycles. The van der Waals surface area contributed by atoms with Crippen LogP contribution in [0, 0.1) is 0 Å². The number of hydrogen-bond donors (Lipinski definition) is 2. The van der Waals surface area contributed by atoms with Gasteiger partial charge in [-0.1, -0.05) is 50.6 Å². The predicted octanol–water partition coefficient (Wildman–Crippen LogP) is 2.10. The van der Waals surface area contributed by atoms with Gasteiger partial charge >= 0.3 is 0 Å². The normalized spacial score (nSPS) is 19.8. The van der Waals surface area contributed by atoms with Gasteiger partial charge in [-0.15, -0.1) is 0 Å². The maximum Gasteiger partial charge on any atom is 0.222 e. The SMILES string of the molecule is CCCCCCCCCC(=O)N1CCOC(C(N)=NO)C1. The van der Waals surface area contributed by atoms with E-state index in [4.69, 9.17) is 15.7 Å². The van der Waals surface area contributed by atoms with Crippen LogP contribution in [-0.2, 0) is 9.53 Å². The summed E-state index contributed by atoms with van der Waals surface area (Å²) in [5.41, 5.74) is 5.53. The molecule has 0 aromatic heterocycles. The minimum Gasteiger partial charge on any atom is -0.409 e. The maximum absolute atomic E-state index is 12.1. The summed E-state index contributed by atoms with van der Waals surface area (Å²) in [6.07, 6.45) is 8.50. The third-order valence-electron chi connectivity index (χ3n) is 3.86. The van der Waals surface area contributed by atoms with Crippen LogP contribution in [0.1, 0.15) is 58.3 Å². The molecule has 1 heterocycles. The third kappa shape index (κ3) is 6.80. The van der Waals surface area contributed by atoms with Crippen LogP contribution in [0.4, 0.5) is 0 Å². The topological polar surface area (TPSA) is 88.2 Å². The summed E-state index contributed by atoms with van der Waals surface area (Å²) in [6.45, 7) is 3.61. The molecule has 1 aliphatic heterocycles. The molecule has 0 saturated carbocycles. The smallest absolute Gasteiger partial charge is 0.222 e. The van der Waals surface area contributed by atoms with E-state index in [0.29, 0.717) is 26.1 Å². The Morgan fingerprint density at radius 1 is 1.29 bits per heavy atom. The number of hydrogen-bond acceptors (Lipinski definition) is 4. The highest BCUT2D eigenvalue weighted by Gasteiger charge is 2.26. The van der Waals surface area contributed by atoms with E-state index in [2.05, 4.69) is 12.1 Å². The van der Waals surface area contributed by atoms with Gasteiger partial charge in [0.25, 0.3) is 0 Å². The van der Waals surface area contributed by atoms with Crippen molar-refractivity contribution in [3.8, 4) is 0 Å². The average molecular weight is 299 g/mol. The molecule has 1 atom stereocenters. The molecule has 6 heteroatoms. The number of amidine groups is 1. The lowest BCUT2D eigenvalue weighted by Crippen LogP contribution is -2.50. The van der Waals surface area contributed by atoms with Crippen LogP contribution in [0.15, 0.2) is 5.16 Å². The Morgan fingerprint density at radius 3 is 2.62 bits per heavy atom. The number of amides is 1. The van der Waals surface area contributed by atoms with E-state index in [1.54, 1.807) is 4.90 Å². The van der Waals surface area contributed by atoms with Crippen molar-refractivity contribution in [3.05, 3.63) is 0 Å². The lowest BCUT2D eigenvalue weighted by atomic mass is 10.1. The monoisotopic (exact) mass is 299 g/mol. The van der Waals surface area contributed by atoms with Gasteiger partial charge in [-0.05, 0) is 6.42 Å². The fraction of sp³-hybridized carbons (Fsp3) is 0.867. The molecule has 1 unspecified atom stereocenters. The van der Waals surface area contributed by atoms with Crippen molar-refractivity contribution in [2.45, 2.75) is 64.4 Å². The third-order valence-corrected chi connectivity index (χ3v) is 3.86. The summed E-state index contributed by atoms with van der Waals surface area (Å²) in [5, 5.41) is 11.6. The molecule has 0 bridgehead atoms. The van der Waals surface area contributed by atoms with Crippen LogP contribution in [0.5, 0.6) is 0 Å². The Morgan fingerprint density at radius 2 is 1.95 bits per heavy atom. The molecule has 3 N–H and O–H groups in total. The van der Waals surface area contributed by atoms with Gasteiger partial charge in [0, 0.05) is 13.0 Å². The minimum atomic E-state index is -0.484. The fourth-order valence-electron chi connectivity index (χ4n) is 2.51. The molecule has 0 aromatic carbocycles. The molecule has 0 spiro atoms. The number of oxime groups is 1. The lowest BCUT2D eigenvalue weighted by molar-refractivity contribution is -0.136. The minimum absolute atomic E-state index is 0.0309. The first-order valence-corrected chi connectivity index (χ1v) is 8.05.